The fraction of sp³-hybridized carbons (Fsp3) is 0.222. The van der Waals surface area contributed by atoms with Gasteiger partial charge in [-0.15, -0.1) is 13.2 Å². The average Bonchev–Trinajstić information content (AvgIpc) is 2.08. The first-order chi connectivity index (χ1) is 7.69. The third-order valence-electron chi connectivity index (χ3n) is 1.55. The topological polar surface area (TPSA) is 21.3 Å². The molecule has 0 aliphatic heterocycles. The quantitative estimate of drug-likeness (QED) is 0.725. The fourth-order valence-corrected chi connectivity index (χ4v) is 2.48. The Balaban J connectivity index is 3.05. The van der Waals surface area contributed by atoms with Crippen LogP contribution in [0.1, 0.15) is 6.92 Å². The molecule has 0 spiro atoms. The van der Waals surface area contributed by atoms with Gasteiger partial charge in [0.1, 0.15) is 5.75 Å². The van der Waals surface area contributed by atoms with Crippen molar-refractivity contribution in [2.75, 3.05) is 5.32 Å². The van der Waals surface area contributed by atoms with E-state index in [-0.39, 0.29) is 5.75 Å². The van der Waals surface area contributed by atoms with Gasteiger partial charge in [0, 0.05) is 8.95 Å². The van der Waals surface area contributed by atoms with E-state index in [4.69, 9.17) is 12.2 Å². The first-order valence-corrected chi connectivity index (χ1v) is 6.21. The number of thiocarbonyl (C=S) groups is 1. The van der Waals surface area contributed by atoms with Crippen molar-refractivity contribution >= 4 is 54.8 Å². The van der Waals surface area contributed by atoms with Crippen LogP contribution in [0.4, 0.5) is 18.9 Å². The highest BCUT2D eigenvalue weighted by atomic mass is 79.9. The van der Waals surface area contributed by atoms with Crippen molar-refractivity contribution in [3.8, 4) is 5.75 Å². The number of hydrogen-bond donors (Lipinski definition) is 1. The molecular weight excluding hydrogens is 387 g/mol. The summed E-state index contributed by atoms with van der Waals surface area (Å²) in [5.74, 6) is -0.316. The zero-order valence-corrected chi connectivity index (χ0v) is 12.3. The second-order valence-corrected chi connectivity index (χ2v) is 5.31. The van der Waals surface area contributed by atoms with E-state index < -0.39 is 6.36 Å². The molecule has 0 aliphatic rings. The minimum atomic E-state index is -4.71. The van der Waals surface area contributed by atoms with E-state index in [1.165, 1.54) is 12.1 Å². The van der Waals surface area contributed by atoms with Crippen LogP contribution in [0, 0.1) is 0 Å². The summed E-state index contributed by atoms with van der Waals surface area (Å²) in [6.07, 6.45) is -4.71. The predicted octanol–water partition coefficient (Wildman–Crippen LogP) is 4.87. The molecule has 1 rings (SSSR count). The van der Waals surface area contributed by atoms with Gasteiger partial charge in [0.2, 0.25) is 0 Å². The first kappa shape index (κ1) is 14.7. The molecule has 0 unspecified atom stereocenters. The Morgan fingerprint density at radius 3 is 2.12 bits per heavy atom. The van der Waals surface area contributed by atoms with Crippen LogP contribution in [0.5, 0.6) is 5.75 Å². The van der Waals surface area contributed by atoms with E-state index in [0.29, 0.717) is 19.6 Å². The van der Waals surface area contributed by atoms with E-state index in [0.717, 1.165) is 0 Å². The van der Waals surface area contributed by atoms with Gasteiger partial charge in [0.05, 0.1) is 10.7 Å². The Labute approximate surface area is 118 Å². The lowest BCUT2D eigenvalue weighted by atomic mass is 10.3. The lowest BCUT2D eigenvalue weighted by Gasteiger charge is -2.13. The van der Waals surface area contributed by atoms with Crippen molar-refractivity contribution in [2.24, 2.45) is 0 Å². The van der Waals surface area contributed by atoms with Crippen LogP contribution >= 0.6 is 44.1 Å². The molecule has 0 saturated heterocycles. The van der Waals surface area contributed by atoms with Gasteiger partial charge in [0.25, 0.3) is 0 Å². The maximum Gasteiger partial charge on any atom is 0.573 e. The molecule has 1 N–H and O–H groups in total. The maximum absolute atomic E-state index is 12.0. The molecule has 0 aromatic heterocycles. The van der Waals surface area contributed by atoms with Gasteiger partial charge in [-0.2, -0.15) is 0 Å². The van der Waals surface area contributed by atoms with Crippen molar-refractivity contribution in [3.05, 3.63) is 21.1 Å². The molecule has 1 aromatic rings. The van der Waals surface area contributed by atoms with Crippen LogP contribution in [0.15, 0.2) is 21.1 Å². The molecule has 0 fully saturated rings. The highest BCUT2D eigenvalue weighted by Gasteiger charge is 2.31. The summed E-state index contributed by atoms with van der Waals surface area (Å²) < 4.78 is 40.7. The summed E-state index contributed by atoms with van der Waals surface area (Å²) in [6.45, 7) is 1.66. The lowest BCUT2D eigenvalue weighted by molar-refractivity contribution is -0.274. The molecule has 8 heteroatoms. The molecule has 0 amide bonds. The molecule has 0 bridgehead atoms. The van der Waals surface area contributed by atoms with Gasteiger partial charge >= 0.3 is 6.36 Å². The number of halogens is 5. The number of rotatable bonds is 2. The van der Waals surface area contributed by atoms with Crippen LogP contribution in [0.25, 0.3) is 0 Å². The van der Waals surface area contributed by atoms with Gasteiger partial charge < -0.3 is 10.1 Å². The van der Waals surface area contributed by atoms with Crippen LogP contribution in [0.2, 0.25) is 0 Å². The summed E-state index contributed by atoms with van der Waals surface area (Å²) >= 11 is 11.1. The highest BCUT2D eigenvalue weighted by Crippen LogP contribution is 2.37. The van der Waals surface area contributed by atoms with E-state index in [1.807, 2.05) is 0 Å². The summed E-state index contributed by atoms with van der Waals surface area (Å²) in [5.41, 5.74) is 0.548. The van der Waals surface area contributed by atoms with Crippen molar-refractivity contribution in [3.63, 3.8) is 0 Å². The Hall–Kier alpha value is -0.340. The fourth-order valence-electron chi connectivity index (χ4n) is 1.04. The molecule has 2 nitrogen and oxygen atoms in total. The Bertz CT molecular complexity index is 427. The molecule has 0 saturated carbocycles. The summed E-state index contributed by atoms with van der Waals surface area (Å²) in [6, 6.07) is 2.41. The van der Waals surface area contributed by atoms with Crippen LogP contribution in [-0.4, -0.2) is 11.4 Å². The smallest absolute Gasteiger partial charge is 0.406 e. The van der Waals surface area contributed by atoms with Crippen molar-refractivity contribution in [2.45, 2.75) is 13.3 Å². The number of alkyl halides is 3. The Kier molecular flexibility index (Phi) is 4.79. The third kappa shape index (κ3) is 4.81. The Morgan fingerprint density at radius 2 is 1.76 bits per heavy atom. The summed E-state index contributed by atoms with van der Waals surface area (Å²) in [4.78, 5) is 0.496. The second-order valence-electron chi connectivity index (χ2n) is 2.99. The van der Waals surface area contributed by atoms with Crippen LogP contribution in [-0.2, 0) is 0 Å². The average molecular weight is 393 g/mol. The largest absolute Gasteiger partial charge is 0.573 e. The van der Waals surface area contributed by atoms with E-state index in [9.17, 15) is 13.2 Å². The number of anilines is 1. The molecule has 94 valence electrons. The normalized spacial score (nSPS) is 11.2. The van der Waals surface area contributed by atoms with E-state index in [2.05, 4.69) is 41.9 Å². The molecule has 0 heterocycles. The lowest BCUT2D eigenvalue weighted by Crippen LogP contribution is -2.17. The van der Waals surface area contributed by atoms with Gasteiger partial charge in [-0.3, -0.25) is 0 Å². The molecule has 0 radical (unpaired) electrons. The maximum atomic E-state index is 12.0. The van der Waals surface area contributed by atoms with Crippen LogP contribution in [0.3, 0.4) is 0 Å². The SMILES string of the molecule is CC(=S)Nc1c(Br)cc(OC(F)(F)F)cc1Br. The zero-order chi connectivity index (χ0) is 13.2. The molecular formula is C9H6Br2F3NOS. The van der Waals surface area contributed by atoms with Gasteiger partial charge in [0.15, 0.2) is 0 Å². The second kappa shape index (κ2) is 5.53. The van der Waals surface area contributed by atoms with Crippen molar-refractivity contribution < 1.29 is 17.9 Å². The first-order valence-electron chi connectivity index (χ1n) is 4.21. The molecule has 0 aliphatic carbocycles. The number of hydrogen-bond acceptors (Lipinski definition) is 2. The number of nitrogens with one attached hydrogen (secondary N) is 1. The summed E-state index contributed by atoms with van der Waals surface area (Å²) in [7, 11) is 0. The minimum absolute atomic E-state index is 0.316. The third-order valence-corrected chi connectivity index (χ3v) is 2.90. The molecule has 0 atom stereocenters. The standard InChI is InChI=1S/C9H6Br2F3NOS/c1-4(17)15-8-6(10)2-5(3-7(8)11)16-9(12,13)14/h2-3H,1H3,(H,15,17). The van der Waals surface area contributed by atoms with Gasteiger partial charge in [-0.05, 0) is 50.9 Å². The summed E-state index contributed by atoms with van der Waals surface area (Å²) in [5, 5.41) is 2.83. The minimum Gasteiger partial charge on any atom is -0.406 e. The van der Waals surface area contributed by atoms with Crippen LogP contribution < -0.4 is 10.1 Å². The van der Waals surface area contributed by atoms with Gasteiger partial charge in [-0.25, -0.2) is 0 Å². The predicted molar refractivity (Wildman–Crippen MR) is 70.4 cm³/mol. The van der Waals surface area contributed by atoms with Crippen molar-refractivity contribution in [1.82, 2.24) is 0 Å². The van der Waals surface area contributed by atoms with E-state index >= 15 is 0 Å². The van der Waals surface area contributed by atoms with Gasteiger partial charge in [-0.1, -0.05) is 12.2 Å². The molecule has 1 aromatic carbocycles. The monoisotopic (exact) mass is 391 g/mol. The Morgan fingerprint density at radius 1 is 1.29 bits per heavy atom. The van der Waals surface area contributed by atoms with Crippen molar-refractivity contribution in [1.29, 1.82) is 0 Å². The van der Waals surface area contributed by atoms with E-state index in [1.54, 1.807) is 6.92 Å². The number of ether oxygens (including phenoxy) is 1. The highest BCUT2D eigenvalue weighted by molar-refractivity contribution is 9.11. The molecule has 17 heavy (non-hydrogen) atoms. The zero-order valence-electron chi connectivity index (χ0n) is 8.36. The number of benzene rings is 1.